The van der Waals surface area contributed by atoms with Crippen molar-refractivity contribution in [2.75, 3.05) is 24.4 Å². The Bertz CT molecular complexity index is 827. The molecule has 1 aromatic carbocycles. The number of benzene rings is 1. The molecule has 3 rings (SSSR count). The molecule has 138 valence electrons. The number of methoxy groups -OCH3 is 1. The summed E-state index contributed by atoms with van der Waals surface area (Å²) in [5, 5.41) is 6.46. The zero-order valence-corrected chi connectivity index (χ0v) is 15.9. The maximum absolute atomic E-state index is 12.6. The van der Waals surface area contributed by atoms with Crippen molar-refractivity contribution in [2.45, 2.75) is 26.7 Å². The summed E-state index contributed by atoms with van der Waals surface area (Å²) in [7, 11) is 1.56. The lowest BCUT2D eigenvalue weighted by Crippen LogP contribution is -2.12. The molecule has 1 fully saturated rings. The number of nitrogens with one attached hydrogen (secondary N) is 2. The number of carbonyl (C=O) groups excluding carboxylic acids is 2. The van der Waals surface area contributed by atoms with Crippen molar-refractivity contribution in [3.05, 3.63) is 34.7 Å². The standard InChI is InChI=1S/C19H22N2O4S/c1-4-25-14-8-7-13(10-15(14)24-3)20-19(23)17-11(2)9-16(26-17)21-18(22)12-5-6-12/h7-10,12H,4-6H2,1-3H3,(H,20,23)(H,21,22). The lowest BCUT2D eigenvalue weighted by molar-refractivity contribution is -0.117. The van der Waals surface area contributed by atoms with Gasteiger partial charge in [-0.1, -0.05) is 0 Å². The van der Waals surface area contributed by atoms with Crippen LogP contribution in [0, 0.1) is 12.8 Å². The van der Waals surface area contributed by atoms with Gasteiger partial charge in [0.15, 0.2) is 11.5 Å². The molecule has 6 nitrogen and oxygen atoms in total. The second kappa shape index (κ2) is 7.78. The van der Waals surface area contributed by atoms with E-state index in [1.807, 2.05) is 19.9 Å². The molecule has 1 saturated carbocycles. The second-order valence-electron chi connectivity index (χ2n) is 6.14. The molecule has 2 amide bonds. The van der Waals surface area contributed by atoms with E-state index < -0.39 is 0 Å². The molecule has 1 heterocycles. The molecule has 0 aliphatic heterocycles. The van der Waals surface area contributed by atoms with Gasteiger partial charge in [-0.05, 0) is 50.5 Å². The van der Waals surface area contributed by atoms with Gasteiger partial charge in [0.05, 0.1) is 23.6 Å². The highest BCUT2D eigenvalue weighted by Gasteiger charge is 2.30. The number of hydrogen-bond acceptors (Lipinski definition) is 5. The van der Waals surface area contributed by atoms with Crippen LogP contribution < -0.4 is 20.1 Å². The lowest BCUT2D eigenvalue weighted by Gasteiger charge is -2.11. The van der Waals surface area contributed by atoms with E-state index in [-0.39, 0.29) is 17.7 Å². The Balaban J connectivity index is 1.71. The molecule has 0 atom stereocenters. The number of carbonyl (C=O) groups is 2. The number of amides is 2. The normalized spacial score (nSPS) is 13.2. The first-order chi connectivity index (χ1) is 12.5. The molecule has 26 heavy (non-hydrogen) atoms. The van der Waals surface area contributed by atoms with Gasteiger partial charge in [-0.15, -0.1) is 11.3 Å². The van der Waals surface area contributed by atoms with Crippen molar-refractivity contribution < 1.29 is 19.1 Å². The summed E-state index contributed by atoms with van der Waals surface area (Å²) in [6, 6.07) is 7.09. The first-order valence-corrected chi connectivity index (χ1v) is 9.37. The van der Waals surface area contributed by atoms with Crippen LogP contribution >= 0.6 is 11.3 Å². The Kier molecular flexibility index (Phi) is 5.46. The average Bonchev–Trinajstić information content (AvgIpc) is 3.40. The zero-order valence-electron chi connectivity index (χ0n) is 15.0. The second-order valence-corrected chi connectivity index (χ2v) is 7.19. The summed E-state index contributed by atoms with van der Waals surface area (Å²) in [5.74, 6) is 1.14. The minimum Gasteiger partial charge on any atom is -0.493 e. The molecule has 2 N–H and O–H groups in total. The number of thiophene rings is 1. The topological polar surface area (TPSA) is 76.7 Å². The third-order valence-electron chi connectivity index (χ3n) is 4.04. The Morgan fingerprint density at radius 1 is 1.19 bits per heavy atom. The van der Waals surface area contributed by atoms with E-state index in [9.17, 15) is 9.59 Å². The summed E-state index contributed by atoms with van der Waals surface area (Å²) in [4.78, 5) is 25.1. The number of ether oxygens (including phenoxy) is 2. The van der Waals surface area contributed by atoms with Gasteiger partial charge in [-0.2, -0.15) is 0 Å². The summed E-state index contributed by atoms with van der Waals surface area (Å²) < 4.78 is 10.8. The highest BCUT2D eigenvalue weighted by Crippen LogP contribution is 2.34. The molecule has 0 unspecified atom stereocenters. The van der Waals surface area contributed by atoms with Crippen molar-refractivity contribution in [1.29, 1.82) is 0 Å². The highest BCUT2D eigenvalue weighted by atomic mass is 32.1. The third-order valence-corrected chi connectivity index (χ3v) is 5.19. The predicted octanol–water partition coefficient (Wildman–Crippen LogP) is 4.06. The van der Waals surface area contributed by atoms with Crippen molar-refractivity contribution in [2.24, 2.45) is 5.92 Å². The lowest BCUT2D eigenvalue weighted by atomic mass is 10.2. The van der Waals surface area contributed by atoms with Crippen LogP contribution in [0.5, 0.6) is 11.5 Å². The van der Waals surface area contributed by atoms with Crippen molar-refractivity contribution >= 4 is 33.8 Å². The van der Waals surface area contributed by atoms with Crippen LogP contribution in [0.15, 0.2) is 24.3 Å². The van der Waals surface area contributed by atoms with E-state index in [1.54, 1.807) is 25.3 Å². The van der Waals surface area contributed by atoms with Gasteiger partial charge in [0.1, 0.15) is 0 Å². The highest BCUT2D eigenvalue weighted by molar-refractivity contribution is 7.18. The molecule has 1 aliphatic rings. The van der Waals surface area contributed by atoms with E-state index in [0.29, 0.717) is 33.7 Å². The summed E-state index contributed by atoms with van der Waals surface area (Å²) in [5.41, 5.74) is 1.45. The summed E-state index contributed by atoms with van der Waals surface area (Å²) in [6.07, 6.45) is 1.90. The quantitative estimate of drug-likeness (QED) is 0.766. The summed E-state index contributed by atoms with van der Waals surface area (Å²) >= 11 is 1.28. The van der Waals surface area contributed by atoms with Crippen LogP contribution in [0.2, 0.25) is 0 Å². The van der Waals surface area contributed by atoms with Crippen molar-refractivity contribution in [1.82, 2.24) is 0 Å². The maximum Gasteiger partial charge on any atom is 0.266 e. The van der Waals surface area contributed by atoms with Gasteiger partial charge < -0.3 is 20.1 Å². The van der Waals surface area contributed by atoms with E-state index >= 15 is 0 Å². The predicted molar refractivity (Wildman–Crippen MR) is 103 cm³/mol. The van der Waals surface area contributed by atoms with Crippen LogP contribution in [0.25, 0.3) is 0 Å². The van der Waals surface area contributed by atoms with Crippen molar-refractivity contribution in [3.63, 3.8) is 0 Å². The maximum atomic E-state index is 12.6. The molecular formula is C19H22N2O4S. The number of hydrogen-bond donors (Lipinski definition) is 2. The van der Waals surface area contributed by atoms with Crippen LogP contribution in [0.4, 0.5) is 10.7 Å². The number of aryl methyl sites for hydroxylation is 1. The van der Waals surface area contributed by atoms with E-state index in [1.165, 1.54) is 11.3 Å². The van der Waals surface area contributed by atoms with E-state index in [0.717, 1.165) is 18.4 Å². The largest absolute Gasteiger partial charge is 0.493 e. The minimum atomic E-state index is -0.217. The molecule has 0 saturated heterocycles. The first-order valence-electron chi connectivity index (χ1n) is 8.55. The van der Waals surface area contributed by atoms with E-state index in [4.69, 9.17) is 9.47 Å². The fourth-order valence-electron chi connectivity index (χ4n) is 2.55. The van der Waals surface area contributed by atoms with Gasteiger partial charge in [-0.3, -0.25) is 9.59 Å². The Morgan fingerprint density at radius 2 is 1.96 bits per heavy atom. The van der Waals surface area contributed by atoms with E-state index in [2.05, 4.69) is 10.6 Å². The number of anilines is 2. The Morgan fingerprint density at radius 3 is 2.62 bits per heavy atom. The SMILES string of the molecule is CCOc1ccc(NC(=O)c2sc(NC(=O)C3CC3)cc2C)cc1OC. The molecule has 7 heteroatoms. The molecule has 1 aliphatic carbocycles. The molecule has 1 aromatic heterocycles. The van der Waals surface area contributed by atoms with Crippen molar-refractivity contribution in [3.8, 4) is 11.5 Å². The number of rotatable bonds is 7. The smallest absolute Gasteiger partial charge is 0.266 e. The average molecular weight is 374 g/mol. The van der Waals surface area contributed by atoms with Crippen LogP contribution in [0.3, 0.4) is 0 Å². The van der Waals surface area contributed by atoms with Gasteiger partial charge >= 0.3 is 0 Å². The molecule has 2 aromatic rings. The molecular weight excluding hydrogens is 352 g/mol. The van der Waals surface area contributed by atoms with Crippen LogP contribution in [-0.4, -0.2) is 25.5 Å². The fraction of sp³-hybridized carbons (Fsp3) is 0.368. The molecule has 0 bridgehead atoms. The molecule has 0 spiro atoms. The monoisotopic (exact) mass is 374 g/mol. The zero-order chi connectivity index (χ0) is 18.7. The van der Waals surface area contributed by atoms with Gasteiger partial charge in [0.2, 0.25) is 5.91 Å². The van der Waals surface area contributed by atoms with Crippen LogP contribution in [-0.2, 0) is 4.79 Å². The van der Waals surface area contributed by atoms with Gasteiger partial charge in [0.25, 0.3) is 5.91 Å². The third kappa shape index (κ3) is 4.16. The minimum absolute atomic E-state index is 0.0365. The Labute approximate surface area is 156 Å². The first kappa shape index (κ1) is 18.3. The fourth-order valence-corrected chi connectivity index (χ4v) is 3.52. The van der Waals surface area contributed by atoms with Crippen LogP contribution in [0.1, 0.15) is 35.0 Å². The van der Waals surface area contributed by atoms with Gasteiger partial charge in [0, 0.05) is 17.7 Å². The van der Waals surface area contributed by atoms with Gasteiger partial charge in [-0.25, -0.2) is 0 Å². The Hall–Kier alpha value is -2.54. The summed E-state index contributed by atoms with van der Waals surface area (Å²) in [6.45, 7) is 4.29. The molecule has 0 radical (unpaired) electrons.